The largest absolute Gasteiger partial charge is 0.481 e. The van der Waals surface area contributed by atoms with Gasteiger partial charge in [0.2, 0.25) is 0 Å². The van der Waals surface area contributed by atoms with Crippen LogP contribution in [0.3, 0.4) is 0 Å². The minimum Gasteiger partial charge on any atom is -0.481 e. The lowest BCUT2D eigenvalue weighted by Gasteiger charge is -2.17. The van der Waals surface area contributed by atoms with E-state index in [1.165, 1.54) is 36.4 Å². The van der Waals surface area contributed by atoms with Crippen molar-refractivity contribution in [2.75, 3.05) is 0 Å². The van der Waals surface area contributed by atoms with Gasteiger partial charge in [-0.1, -0.05) is 24.3 Å². The lowest BCUT2D eigenvalue weighted by atomic mass is 10.1. The van der Waals surface area contributed by atoms with Gasteiger partial charge in [-0.15, -0.1) is 0 Å². The molecule has 2 aromatic rings. The summed E-state index contributed by atoms with van der Waals surface area (Å²) in [6.45, 7) is 5.47. The Hall–Kier alpha value is -3.15. The number of hydrazine groups is 1. The molecule has 0 aliphatic rings. The standard InChI is InChI=1S/C20H21FN2O3/c1-13-5-4-6-18(14(13)2)26-15(3)20(25)23-22-19(24)12-9-16-7-10-17(21)11-8-16/h4-12,15H,1-3H3,(H,22,24)(H,23,25)/b12-9+. The molecule has 0 saturated heterocycles. The molecule has 0 heterocycles. The molecule has 26 heavy (non-hydrogen) atoms. The number of carbonyl (C=O) groups is 2. The Morgan fingerprint density at radius 1 is 1.08 bits per heavy atom. The third-order valence-corrected chi connectivity index (χ3v) is 3.83. The Morgan fingerprint density at radius 3 is 2.46 bits per heavy atom. The zero-order valence-electron chi connectivity index (χ0n) is 14.9. The van der Waals surface area contributed by atoms with Crippen LogP contribution in [0, 0.1) is 19.7 Å². The Labute approximate surface area is 151 Å². The second kappa shape index (κ2) is 8.80. The summed E-state index contributed by atoms with van der Waals surface area (Å²) in [4.78, 5) is 23.8. The summed E-state index contributed by atoms with van der Waals surface area (Å²) in [6, 6.07) is 11.3. The molecule has 1 unspecified atom stereocenters. The Kier molecular flexibility index (Phi) is 6.49. The molecule has 2 rings (SSSR count). The first-order chi connectivity index (χ1) is 12.4. The fourth-order valence-corrected chi connectivity index (χ4v) is 2.11. The van der Waals surface area contributed by atoms with Gasteiger partial charge in [-0.2, -0.15) is 0 Å². The van der Waals surface area contributed by atoms with Gasteiger partial charge in [0.1, 0.15) is 11.6 Å². The normalized spacial score (nSPS) is 11.8. The van der Waals surface area contributed by atoms with Crippen LogP contribution >= 0.6 is 0 Å². The maximum Gasteiger partial charge on any atom is 0.279 e. The molecule has 2 amide bonds. The zero-order chi connectivity index (χ0) is 19.1. The fourth-order valence-electron chi connectivity index (χ4n) is 2.11. The number of hydrogen-bond donors (Lipinski definition) is 2. The second-order valence-electron chi connectivity index (χ2n) is 5.82. The number of halogens is 1. The quantitative estimate of drug-likeness (QED) is 0.639. The van der Waals surface area contributed by atoms with E-state index in [4.69, 9.17) is 4.74 Å². The van der Waals surface area contributed by atoms with E-state index in [1.54, 1.807) is 13.0 Å². The van der Waals surface area contributed by atoms with Crippen molar-refractivity contribution in [3.63, 3.8) is 0 Å². The van der Waals surface area contributed by atoms with E-state index in [1.807, 2.05) is 26.0 Å². The number of hydrogen-bond acceptors (Lipinski definition) is 3. The van der Waals surface area contributed by atoms with E-state index in [9.17, 15) is 14.0 Å². The van der Waals surface area contributed by atoms with E-state index >= 15 is 0 Å². The van der Waals surface area contributed by atoms with Crippen molar-refractivity contribution in [2.24, 2.45) is 0 Å². The molecule has 5 nitrogen and oxygen atoms in total. The Balaban J connectivity index is 1.84. The summed E-state index contributed by atoms with van der Waals surface area (Å²) in [5.74, 6) is -0.720. The lowest BCUT2D eigenvalue weighted by molar-refractivity contribution is -0.131. The highest BCUT2D eigenvalue weighted by atomic mass is 19.1. The van der Waals surface area contributed by atoms with Crippen molar-refractivity contribution in [3.05, 3.63) is 71.0 Å². The molecule has 136 valence electrons. The van der Waals surface area contributed by atoms with Crippen LogP contribution < -0.4 is 15.6 Å². The van der Waals surface area contributed by atoms with Gasteiger partial charge in [-0.3, -0.25) is 20.4 Å². The van der Waals surface area contributed by atoms with E-state index < -0.39 is 17.9 Å². The minimum absolute atomic E-state index is 0.350. The van der Waals surface area contributed by atoms with Gasteiger partial charge in [0.05, 0.1) is 0 Å². The predicted octanol–water partition coefficient (Wildman–Crippen LogP) is 3.07. The van der Waals surface area contributed by atoms with Crippen LogP contribution in [-0.4, -0.2) is 17.9 Å². The van der Waals surface area contributed by atoms with Crippen molar-refractivity contribution in [2.45, 2.75) is 26.9 Å². The number of benzene rings is 2. The van der Waals surface area contributed by atoms with Crippen molar-refractivity contribution >= 4 is 17.9 Å². The molecule has 0 fully saturated rings. The first-order valence-electron chi connectivity index (χ1n) is 8.13. The lowest BCUT2D eigenvalue weighted by Crippen LogP contribution is -2.46. The number of rotatable bonds is 5. The third kappa shape index (κ3) is 5.44. The van der Waals surface area contributed by atoms with Gasteiger partial charge in [-0.25, -0.2) is 4.39 Å². The van der Waals surface area contributed by atoms with Crippen LogP contribution in [0.25, 0.3) is 6.08 Å². The van der Waals surface area contributed by atoms with Gasteiger partial charge < -0.3 is 4.74 Å². The monoisotopic (exact) mass is 356 g/mol. The summed E-state index contributed by atoms with van der Waals surface area (Å²) < 4.78 is 18.5. The molecular weight excluding hydrogens is 335 g/mol. The van der Waals surface area contributed by atoms with E-state index in [2.05, 4.69) is 10.9 Å². The van der Waals surface area contributed by atoms with E-state index in [0.29, 0.717) is 11.3 Å². The van der Waals surface area contributed by atoms with Crippen LogP contribution in [-0.2, 0) is 9.59 Å². The Bertz CT molecular complexity index is 816. The number of carbonyl (C=O) groups excluding carboxylic acids is 2. The average Bonchev–Trinajstić information content (AvgIpc) is 2.63. The molecule has 0 aromatic heterocycles. The van der Waals surface area contributed by atoms with Crippen molar-refractivity contribution in [1.82, 2.24) is 10.9 Å². The molecule has 0 aliphatic carbocycles. The van der Waals surface area contributed by atoms with Crippen LogP contribution in [0.2, 0.25) is 0 Å². The molecule has 0 saturated carbocycles. The van der Waals surface area contributed by atoms with Gasteiger partial charge in [0, 0.05) is 6.08 Å². The third-order valence-electron chi connectivity index (χ3n) is 3.83. The minimum atomic E-state index is -0.781. The molecule has 0 radical (unpaired) electrons. The molecular formula is C20H21FN2O3. The smallest absolute Gasteiger partial charge is 0.279 e. The SMILES string of the molecule is Cc1cccc(OC(C)C(=O)NNC(=O)/C=C/c2ccc(F)cc2)c1C. The first-order valence-corrected chi connectivity index (χ1v) is 8.13. The van der Waals surface area contributed by atoms with Crippen LogP contribution in [0.5, 0.6) is 5.75 Å². The highest BCUT2D eigenvalue weighted by Crippen LogP contribution is 2.21. The number of amides is 2. The van der Waals surface area contributed by atoms with Crippen LogP contribution in [0.4, 0.5) is 4.39 Å². The van der Waals surface area contributed by atoms with Gasteiger partial charge in [0.25, 0.3) is 11.8 Å². The second-order valence-corrected chi connectivity index (χ2v) is 5.82. The summed E-state index contributed by atoms with van der Waals surface area (Å²) >= 11 is 0. The summed E-state index contributed by atoms with van der Waals surface area (Å²) in [6.07, 6.45) is 1.97. The van der Waals surface area contributed by atoms with Gasteiger partial charge >= 0.3 is 0 Å². The number of aryl methyl sites for hydroxylation is 1. The maximum absolute atomic E-state index is 12.8. The number of ether oxygens (including phenoxy) is 1. The summed E-state index contributed by atoms with van der Waals surface area (Å²) in [7, 11) is 0. The van der Waals surface area contributed by atoms with Crippen molar-refractivity contribution in [3.8, 4) is 5.75 Å². The van der Waals surface area contributed by atoms with E-state index in [0.717, 1.165) is 11.1 Å². The predicted molar refractivity (Wildman–Crippen MR) is 97.7 cm³/mol. The first kappa shape index (κ1) is 19.2. The topological polar surface area (TPSA) is 67.4 Å². The Morgan fingerprint density at radius 2 is 1.77 bits per heavy atom. The molecule has 6 heteroatoms. The summed E-state index contributed by atoms with van der Waals surface area (Å²) in [5.41, 5.74) is 7.27. The van der Waals surface area contributed by atoms with Crippen molar-refractivity contribution < 1.29 is 18.7 Å². The molecule has 2 N–H and O–H groups in total. The molecule has 0 spiro atoms. The van der Waals surface area contributed by atoms with Gasteiger partial charge in [-0.05, 0) is 61.7 Å². The maximum atomic E-state index is 12.8. The highest BCUT2D eigenvalue weighted by molar-refractivity contribution is 5.93. The molecule has 0 bridgehead atoms. The van der Waals surface area contributed by atoms with Gasteiger partial charge in [0.15, 0.2) is 6.10 Å². The average molecular weight is 356 g/mol. The molecule has 1 atom stereocenters. The zero-order valence-corrected chi connectivity index (χ0v) is 14.9. The van der Waals surface area contributed by atoms with Crippen molar-refractivity contribution in [1.29, 1.82) is 0 Å². The fraction of sp³-hybridized carbons (Fsp3) is 0.200. The van der Waals surface area contributed by atoms with Crippen LogP contribution in [0.15, 0.2) is 48.5 Å². The summed E-state index contributed by atoms with van der Waals surface area (Å²) in [5, 5.41) is 0. The highest BCUT2D eigenvalue weighted by Gasteiger charge is 2.16. The molecule has 2 aromatic carbocycles. The number of nitrogens with one attached hydrogen (secondary N) is 2. The van der Waals surface area contributed by atoms with Crippen LogP contribution in [0.1, 0.15) is 23.6 Å². The van der Waals surface area contributed by atoms with E-state index in [-0.39, 0.29) is 5.82 Å². The molecule has 0 aliphatic heterocycles.